The second-order valence-electron chi connectivity index (χ2n) is 5.71. The summed E-state index contributed by atoms with van der Waals surface area (Å²) in [5, 5.41) is 11.2. The first-order valence-electron chi connectivity index (χ1n) is 8.21. The number of hydrogen-bond acceptors (Lipinski definition) is 6. The van der Waals surface area contributed by atoms with E-state index in [0.717, 1.165) is 6.26 Å². The molecule has 0 atom stereocenters. The number of ether oxygens (including phenoxy) is 2. The number of nitrogens with one attached hydrogen (secondary N) is 1. The average Bonchev–Trinajstić information content (AvgIpc) is 2.64. The molecule has 0 heterocycles. The number of nitriles is 1. The summed E-state index contributed by atoms with van der Waals surface area (Å²) in [7, 11) is -3.22. The summed E-state index contributed by atoms with van der Waals surface area (Å²) < 4.78 is 33.4. The summed E-state index contributed by atoms with van der Waals surface area (Å²) in [6.45, 7) is 0.315. The number of nitrogens with zero attached hydrogens (tertiary/aromatic N) is 1. The Morgan fingerprint density at radius 3 is 2.22 bits per heavy atom. The fraction of sp³-hybridized carbons (Fsp3) is 0.263. The van der Waals surface area contributed by atoms with E-state index in [4.69, 9.17) is 14.7 Å². The third-order valence-corrected chi connectivity index (χ3v) is 4.64. The molecule has 0 saturated heterocycles. The highest BCUT2D eigenvalue weighted by Gasteiger charge is 2.07. The maximum absolute atomic E-state index is 11.9. The Kier molecular flexibility index (Phi) is 7.20. The van der Waals surface area contributed by atoms with Crippen LogP contribution in [-0.4, -0.2) is 33.8 Å². The van der Waals surface area contributed by atoms with Gasteiger partial charge in [0, 0.05) is 18.4 Å². The van der Waals surface area contributed by atoms with Crippen LogP contribution in [0.3, 0.4) is 0 Å². The summed E-state index contributed by atoms with van der Waals surface area (Å²) in [5.41, 5.74) is 0.640. The molecule has 1 N–H and O–H groups in total. The molecule has 0 aromatic heterocycles. The van der Waals surface area contributed by atoms with E-state index in [1.54, 1.807) is 36.4 Å². The van der Waals surface area contributed by atoms with Crippen LogP contribution in [0.1, 0.15) is 12.8 Å². The zero-order valence-corrected chi connectivity index (χ0v) is 15.7. The number of rotatable bonds is 9. The minimum absolute atomic E-state index is 0.0251. The van der Waals surface area contributed by atoms with Crippen molar-refractivity contribution in [2.75, 3.05) is 24.8 Å². The summed E-state index contributed by atoms with van der Waals surface area (Å²) in [6, 6.07) is 14.8. The van der Waals surface area contributed by atoms with Crippen LogP contribution in [0.15, 0.2) is 53.4 Å². The van der Waals surface area contributed by atoms with Gasteiger partial charge >= 0.3 is 0 Å². The van der Waals surface area contributed by atoms with E-state index >= 15 is 0 Å². The molecule has 27 heavy (non-hydrogen) atoms. The van der Waals surface area contributed by atoms with Gasteiger partial charge in [-0.2, -0.15) is 5.26 Å². The highest BCUT2D eigenvalue weighted by atomic mass is 32.2. The molecule has 0 unspecified atom stereocenters. The molecule has 2 aromatic rings. The van der Waals surface area contributed by atoms with Crippen LogP contribution in [0.4, 0.5) is 5.69 Å². The van der Waals surface area contributed by atoms with Crippen molar-refractivity contribution in [1.82, 2.24) is 0 Å². The van der Waals surface area contributed by atoms with Crippen molar-refractivity contribution in [1.29, 1.82) is 5.26 Å². The highest BCUT2D eigenvalue weighted by molar-refractivity contribution is 7.90. The largest absolute Gasteiger partial charge is 0.494 e. The first-order valence-corrected chi connectivity index (χ1v) is 10.1. The maximum atomic E-state index is 11.9. The van der Waals surface area contributed by atoms with Gasteiger partial charge in [-0.25, -0.2) is 8.42 Å². The Bertz CT molecular complexity index is 901. The number of amides is 1. The standard InChI is InChI=1S/C19H20N2O5S/c1-27(23,24)18-10-8-17(9-11-18)25-13-2-3-19(22)21-15-4-6-16(7-5-15)26-14-12-20/h4-11H,2-3,13-14H2,1H3,(H,21,22). The molecule has 7 nitrogen and oxygen atoms in total. The summed E-state index contributed by atoms with van der Waals surface area (Å²) in [6.07, 6.45) is 1.95. The predicted molar refractivity (Wildman–Crippen MR) is 100 cm³/mol. The van der Waals surface area contributed by atoms with Gasteiger partial charge in [-0.15, -0.1) is 0 Å². The van der Waals surface area contributed by atoms with Gasteiger partial charge in [0.25, 0.3) is 0 Å². The van der Waals surface area contributed by atoms with Crippen molar-refractivity contribution in [2.45, 2.75) is 17.7 Å². The minimum atomic E-state index is -3.22. The van der Waals surface area contributed by atoms with Crippen molar-refractivity contribution in [2.24, 2.45) is 0 Å². The lowest BCUT2D eigenvalue weighted by molar-refractivity contribution is -0.116. The van der Waals surface area contributed by atoms with Crippen LogP contribution < -0.4 is 14.8 Å². The Morgan fingerprint density at radius 2 is 1.63 bits per heavy atom. The molecule has 0 bridgehead atoms. The van der Waals surface area contributed by atoms with Crippen molar-refractivity contribution in [3.63, 3.8) is 0 Å². The van der Waals surface area contributed by atoms with Crippen molar-refractivity contribution in [3.8, 4) is 17.6 Å². The van der Waals surface area contributed by atoms with Gasteiger partial charge in [-0.05, 0) is 55.0 Å². The van der Waals surface area contributed by atoms with Crippen LogP contribution in [-0.2, 0) is 14.6 Å². The van der Waals surface area contributed by atoms with Gasteiger partial charge < -0.3 is 14.8 Å². The zero-order valence-electron chi connectivity index (χ0n) is 14.8. The lowest BCUT2D eigenvalue weighted by atomic mass is 10.2. The molecule has 8 heteroatoms. The topological polar surface area (TPSA) is 105 Å². The molecular weight excluding hydrogens is 368 g/mol. The number of carbonyl (C=O) groups excluding carboxylic acids is 1. The number of benzene rings is 2. The molecule has 1 amide bonds. The van der Waals surface area contributed by atoms with Gasteiger partial charge in [-0.3, -0.25) is 4.79 Å². The molecule has 142 valence electrons. The number of carbonyl (C=O) groups is 1. The summed E-state index contributed by atoms with van der Waals surface area (Å²) >= 11 is 0. The van der Waals surface area contributed by atoms with E-state index in [-0.39, 0.29) is 23.8 Å². The molecule has 2 rings (SSSR count). The van der Waals surface area contributed by atoms with E-state index < -0.39 is 9.84 Å². The van der Waals surface area contributed by atoms with Crippen molar-refractivity contribution >= 4 is 21.4 Å². The number of sulfone groups is 1. The molecule has 0 fully saturated rings. The Labute approximate surface area is 158 Å². The Hall–Kier alpha value is -3.05. The van der Waals surface area contributed by atoms with E-state index in [0.29, 0.717) is 30.2 Å². The smallest absolute Gasteiger partial charge is 0.224 e. The monoisotopic (exact) mass is 388 g/mol. The Morgan fingerprint density at radius 1 is 1.04 bits per heavy atom. The number of anilines is 1. The first kappa shape index (κ1) is 20.3. The van der Waals surface area contributed by atoms with Gasteiger partial charge in [0.15, 0.2) is 16.4 Å². The van der Waals surface area contributed by atoms with E-state index in [2.05, 4.69) is 5.32 Å². The summed E-state index contributed by atoms with van der Waals surface area (Å²) in [5.74, 6) is 0.970. The molecule has 0 aliphatic carbocycles. The van der Waals surface area contributed by atoms with Crippen molar-refractivity contribution in [3.05, 3.63) is 48.5 Å². The van der Waals surface area contributed by atoms with Gasteiger partial charge in [0.2, 0.25) is 5.91 Å². The maximum Gasteiger partial charge on any atom is 0.224 e. The first-order chi connectivity index (χ1) is 12.9. The van der Waals surface area contributed by atoms with E-state index in [9.17, 15) is 13.2 Å². The van der Waals surface area contributed by atoms with E-state index in [1.807, 2.05) is 6.07 Å². The fourth-order valence-corrected chi connectivity index (χ4v) is 2.81. The van der Waals surface area contributed by atoms with Crippen LogP contribution in [0.2, 0.25) is 0 Å². The third kappa shape index (κ3) is 6.99. The predicted octanol–water partition coefficient (Wildman–Crippen LogP) is 2.79. The lowest BCUT2D eigenvalue weighted by Crippen LogP contribution is -2.12. The number of hydrogen-bond donors (Lipinski definition) is 1. The molecule has 0 saturated carbocycles. The highest BCUT2D eigenvalue weighted by Crippen LogP contribution is 2.17. The average molecular weight is 388 g/mol. The lowest BCUT2D eigenvalue weighted by Gasteiger charge is -2.08. The Balaban J connectivity index is 1.71. The van der Waals surface area contributed by atoms with E-state index in [1.165, 1.54) is 12.1 Å². The van der Waals surface area contributed by atoms with Gasteiger partial charge in [-0.1, -0.05) is 0 Å². The normalized spacial score (nSPS) is 10.7. The SMILES string of the molecule is CS(=O)(=O)c1ccc(OCCCC(=O)Nc2ccc(OCC#N)cc2)cc1. The van der Waals surface area contributed by atoms with Crippen LogP contribution in [0.5, 0.6) is 11.5 Å². The van der Waals surface area contributed by atoms with Crippen LogP contribution >= 0.6 is 0 Å². The molecule has 2 aromatic carbocycles. The molecule has 0 aliphatic rings. The van der Waals surface area contributed by atoms with Crippen LogP contribution in [0, 0.1) is 11.3 Å². The molecule has 0 aliphatic heterocycles. The zero-order chi connectivity index (χ0) is 19.7. The van der Waals surface area contributed by atoms with Gasteiger partial charge in [0.1, 0.15) is 17.6 Å². The van der Waals surface area contributed by atoms with Crippen LogP contribution in [0.25, 0.3) is 0 Å². The molecule has 0 radical (unpaired) electrons. The minimum Gasteiger partial charge on any atom is -0.494 e. The quantitative estimate of drug-likeness (QED) is 0.662. The second kappa shape index (κ2) is 9.59. The summed E-state index contributed by atoms with van der Waals surface area (Å²) in [4.78, 5) is 12.2. The van der Waals surface area contributed by atoms with Gasteiger partial charge in [0.05, 0.1) is 11.5 Å². The molecule has 0 spiro atoms. The van der Waals surface area contributed by atoms with Crippen molar-refractivity contribution < 1.29 is 22.7 Å². The second-order valence-corrected chi connectivity index (χ2v) is 7.73. The molecular formula is C19H20N2O5S. The fourth-order valence-electron chi connectivity index (χ4n) is 2.18. The third-order valence-electron chi connectivity index (χ3n) is 3.51.